The van der Waals surface area contributed by atoms with E-state index in [2.05, 4.69) is 10.4 Å². The number of primary amides is 1. The van der Waals surface area contributed by atoms with E-state index in [0.717, 1.165) is 5.56 Å². The van der Waals surface area contributed by atoms with Crippen LogP contribution < -0.4 is 11.1 Å². The Kier molecular flexibility index (Phi) is 3.47. The predicted molar refractivity (Wildman–Crippen MR) is 57.9 cm³/mol. The fourth-order valence-corrected chi connectivity index (χ4v) is 1.40. The molecule has 84 valence electrons. The van der Waals surface area contributed by atoms with E-state index in [1.54, 1.807) is 10.9 Å². The summed E-state index contributed by atoms with van der Waals surface area (Å²) in [6, 6.07) is 0. The molecule has 15 heavy (non-hydrogen) atoms. The number of aromatic nitrogens is 2. The molecule has 0 aliphatic carbocycles. The van der Waals surface area contributed by atoms with Crippen LogP contribution in [0.3, 0.4) is 0 Å². The molecule has 0 aliphatic heterocycles. The van der Waals surface area contributed by atoms with Crippen molar-refractivity contribution in [1.29, 1.82) is 0 Å². The lowest BCUT2D eigenvalue weighted by molar-refractivity contribution is -0.119. The SMILES string of the molecule is Cn1cc(CNC(C)(C)CC(N)=O)cn1. The fraction of sp³-hybridized carbons (Fsp3) is 0.600. The lowest BCUT2D eigenvalue weighted by atomic mass is 10.0. The summed E-state index contributed by atoms with van der Waals surface area (Å²) in [5.41, 5.74) is 5.97. The smallest absolute Gasteiger partial charge is 0.219 e. The number of carbonyl (C=O) groups excluding carboxylic acids is 1. The van der Waals surface area contributed by atoms with E-state index >= 15 is 0 Å². The van der Waals surface area contributed by atoms with Gasteiger partial charge >= 0.3 is 0 Å². The van der Waals surface area contributed by atoms with Gasteiger partial charge in [0, 0.05) is 37.3 Å². The van der Waals surface area contributed by atoms with Gasteiger partial charge in [0.2, 0.25) is 5.91 Å². The summed E-state index contributed by atoms with van der Waals surface area (Å²) in [5, 5.41) is 7.33. The third-order valence-corrected chi connectivity index (χ3v) is 2.15. The maximum atomic E-state index is 10.8. The number of nitrogens with two attached hydrogens (primary N) is 1. The second-order valence-electron chi connectivity index (χ2n) is 4.40. The molecule has 5 heteroatoms. The van der Waals surface area contributed by atoms with Crippen LogP contribution in [-0.2, 0) is 18.4 Å². The fourth-order valence-electron chi connectivity index (χ4n) is 1.40. The standard InChI is InChI=1S/C10H18N4O/c1-10(2,4-9(11)15)12-5-8-6-13-14(3)7-8/h6-7,12H,4-5H2,1-3H3,(H2,11,15). The lowest BCUT2D eigenvalue weighted by Gasteiger charge is -2.24. The molecule has 3 N–H and O–H groups in total. The Morgan fingerprint density at radius 3 is 2.80 bits per heavy atom. The summed E-state index contributed by atoms with van der Waals surface area (Å²) in [6.45, 7) is 4.59. The minimum absolute atomic E-state index is 0.276. The van der Waals surface area contributed by atoms with Gasteiger partial charge in [-0.05, 0) is 13.8 Å². The van der Waals surface area contributed by atoms with Gasteiger partial charge in [0.1, 0.15) is 0 Å². The second-order valence-corrected chi connectivity index (χ2v) is 4.40. The maximum Gasteiger partial charge on any atom is 0.219 e. The summed E-state index contributed by atoms with van der Waals surface area (Å²) < 4.78 is 1.75. The van der Waals surface area contributed by atoms with Crippen LogP contribution in [0.15, 0.2) is 12.4 Å². The van der Waals surface area contributed by atoms with Crippen LogP contribution >= 0.6 is 0 Å². The highest BCUT2D eigenvalue weighted by atomic mass is 16.1. The minimum atomic E-state index is -0.293. The molecule has 0 spiro atoms. The zero-order valence-electron chi connectivity index (χ0n) is 9.45. The van der Waals surface area contributed by atoms with E-state index in [1.807, 2.05) is 27.1 Å². The molecule has 5 nitrogen and oxygen atoms in total. The van der Waals surface area contributed by atoms with E-state index in [4.69, 9.17) is 5.73 Å². The molecule has 0 unspecified atom stereocenters. The number of amides is 1. The van der Waals surface area contributed by atoms with Gasteiger partial charge < -0.3 is 11.1 Å². The Labute approximate surface area is 89.6 Å². The van der Waals surface area contributed by atoms with Crippen LogP contribution in [0.1, 0.15) is 25.8 Å². The topological polar surface area (TPSA) is 72.9 Å². The van der Waals surface area contributed by atoms with E-state index in [1.165, 1.54) is 0 Å². The number of carbonyl (C=O) groups is 1. The first kappa shape index (κ1) is 11.7. The first-order chi connectivity index (χ1) is 6.89. The largest absolute Gasteiger partial charge is 0.370 e. The monoisotopic (exact) mass is 210 g/mol. The van der Waals surface area contributed by atoms with Crippen molar-refractivity contribution in [2.75, 3.05) is 0 Å². The molecule has 1 aromatic rings. The van der Waals surface area contributed by atoms with Crippen LogP contribution in [0.25, 0.3) is 0 Å². The normalized spacial score (nSPS) is 11.7. The average molecular weight is 210 g/mol. The Morgan fingerprint density at radius 1 is 1.67 bits per heavy atom. The summed E-state index contributed by atoms with van der Waals surface area (Å²) >= 11 is 0. The molecule has 0 saturated heterocycles. The Hall–Kier alpha value is -1.36. The predicted octanol–water partition coefficient (Wildman–Crippen LogP) is 0.164. The van der Waals surface area contributed by atoms with Gasteiger partial charge in [0.15, 0.2) is 0 Å². The van der Waals surface area contributed by atoms with Crippen molar-refractivity contribution < 1.29 is 4.79 Å². The summed E-state index contributed by atoms with van der Waals surface area (Å²) in [7, 11) is 1.87. The average Bonchev–Trinajstić information content (AvgIpc) is 2.46. The molecule has 1 amide bonds. The van der Waals surface area contributed by atoms with Gasteiger partial charge in [0.25, 0.3) is 0 Å². The first-order valence-corrected chi connectivity index (χ1v) is 4.90. The van der Waals surface area contributed by atoms with Crippen molar-refractivity contribution in [3.05, 3.63) is 18.0 Å². The molecular formula is C10H18N4O. The molecular weight excluding hydrogens is 192 g/mol. The summed E-state index contributed by atoms with van der Waals surface area (Å²) in [4.78, 5) is 10.8. The van der Waals surface area contributed by atoms with Crippen LogP contribution in [0.5, 0.6) is 0 Å². The van der Waals surface area contributed by atoms with Crippen LogP contribution in [-0.4, -0.2) is 21.2 Å². The summed E-state index contributed by atoms with van der Waals surface area (Å²) in [6.07, 6.45) is 4.06. The zero-order valence-corrected chi connectivity index (χ0v) is 9.45. The number of nitrogens with zero attached hydrogens (tertiary/aromatic N) is 2. The molecule has 0 saturated carbocycles. The van der Waals surface area contributed by atoms with Crippen molar-refractivity contribution in [3.8, 4) is 0 Å². The third kappa shape index (κ3) is 4.12. The molecule has 1 aromatic heterocycles. The number of nitrogens with one attached hydrogen (secondary N) is 1. The maximum absolute atomic E-state index is 10.8. The highest BCUT2D eigenvalue weighted by Gasteiger charge is 2.19. The summed E-state index contributed by atoms with van der Waals surface area (Å²) in [5.74, 6) is -0.293. The van der Waals surface area contributed by atoms with Crippen molar-refractivity contribution in [3.63, 3.8) is 0 Å². The van der Waals surface area contributed by atoms with E-state index < -0.39 is 0 Å². The zero-order chi connectivity index (χ0) is 11.5. The first-order valence-electron chi connectivity index (χ1n) is 4.90. The van der Waals surface area contributed by atoms with E-state index in [9.17, 15) is 4.79 Å². The van der Waals surface area contributed by atoms with E-state index in [0.29, 0.717) is 13.0 Å². The van der Waals surface area contributed by atoms with Gasteiger partial charge in [-0.3, -0.25) is 9.48 Å². The highest BCUT2D eigenvalue weighted by Crippen LogP contribution is 2.09. The van der Waals surface area contributed by atoms with Gasteiger partial charge in [-0.1, -0.05) is 0 Å². The Bertz CT molecular complexity index is 343. The van der Waals surface area contributed by atoms with Crippen molar-refractivity contribution in [1.82, 2.24) is 15.1 Å². The van der Waals surface area contributed by atoms with Gasteiger partial charge in [0.05, 0.1) is 6.20 Å². The van der Waals surface area contributed by atoms with Crippen LogP contribution in [0, 0.1) is 0 Å². The highest BCUT2D eigenvalue weighted by molar-refractivity contribution is 5.74. The molecule has 0 aliphatic rings. The third-order valence-electron chi connectivity index (χ3n) is 2.15. The van der Waals surface area contributed by atoms with Gasteiger partial charge in [-0.2, -0.15) is 5.10 Å². The number of hydrogen-bond donors (Lipinski definition) is 2. The number of aryl methyl sites for hydroxylation is 1. The lowest BCUT2D eigenvalue weighted by Crippen LogP contribution is -2.42. The van der Waals surface area contributed by atoms with E-state index in [-0.39, 0.29) is 11.4 Å². The van der Waals surface area contributed by atoms with Crippen molar-refractivity contribution in [2.24, 2.45) is 12.8 Å². The Balaban J connectivity index is 2.45. The van der Waals surface area contributed by atoms with Gasteiger partial charge in [-0.15, -0.1) is 0 Å². The molecule has 1 heterocycles. The van der Waals surface area contributed by atoms with Crippen LogP contribution in [0.4, 0.5) is 0 Å². The van der Waals surface area contributed by atoms with Crippen molar-refractivity contribution in [2.45, 2.75) is 32.4 Å². The molecule has 0 bridgehead atoms. The molecule has 0 fully saturated rings. The van der Waals surface area contributed by atoms with Gasteiger partial charge in [-0.25, -0.2) is 0 Å². The molecule has 0 aromatic carbocycles. The minimum Gasteiger partial charge on any atom is -0.370 e. The second kappa shape index (κ2) is 4.44. The molecule has 0 atom stereocenters. The molecule has 1 rings (SSSR count). The Morgan fingerprint density at radius 2 is 2.33 bits per heavy atom. The molecule has 0 radical (unpaired) electrons. The number of rotatable bonds is 5. The van der Waals surface area contributed by atoms with Crippen molar-refractivity contribution >= 4 is 5.91 Å². The quantitative estimate of drug-likeness (QED) is 0.727. The van der Waals surface area contributed by atoms with Crippen LogP contribution in [0.2, 0.25) is 0 Å². The number of hydrogen-bond acceptors (Lipinski definition) is 3.